The molecule has 1 aromatic heterocycles. The molecule has 1 aromatic rings. The minimum absolute atomic E-state index is 0.0133. The summed E-state index contributed by atoms with van der Waals surface area (Å²) < 4.78 is 32.3. The predicted molar refractivity (Wildman–Crippen MR) is 82.3 cm³/mol. The lowest BCUT2D eigenvalue weighted by Gasteiger charge is -2.29. The van der Waals surface area contributed by atoms with Gasteiger partial charge in [0.1, 0.15) is 0 Å². The second-order valence-corrected chi connectivity index (χ2v) is 7.35. The van der Waals surface area contributed by atoms with Crippen molar-refractivity contribution >= 4 is 21.4 Å². The van der Waals surface area contributed by atoms with Crippen LogP contribution >= 0.6 is 11.3 Å². The number of rotatable bonds is 9. The summed E-state index contributed by atoms with van der Waals surface area (Å²) in [5, 5.41) is 1.77. The van der Waals surface area contributed by atoms with E-state index in [9.17, 15) is 8.42 Å². The quantitative estimate of drug-likeness (QED) is 0.755. The van der Waals surface area contributed by atoms with Crippen molar-refractivity contribution in [1.29, 1.82) is 0 Å². The minimum atomic E-state index is -3.51. The second-order valence-electron chi connectivity index (χ2n) is 4.49. The van der Waals surface area contributed by atoms with E-state index >= 15 is 0 Å². The van der Waals surface area contributed by atoms with Crippen LogP contribution in [0.3, 0.4) is 0 Å². The zero-order chi connectivity index (χ0) is 15.2. The molecule has 7 heteroatoms. The molecule has 20 heavy (non-hydrogen) atoms. The van der Waals surface area contributed by atoms with Gasteiger partial charge in [-0.2, -0.15) is 4.31 Å². The molecule has 0 radical (unpaired) electrons. The highest BCUT2D eigenvalue weighted by atomic mass is 32.2. The van der Waals surface area contributed by atoms with Crippen molar-refractivity contribution in [1.82, 2.24) is 4.31 Å². The number of hydrogen-bond acceptors (Lipinski definition) is 5. The van der Waals surface area contributed by atoms with Crippen LogP contribution in [-0.4, -0.2) is 39.0 Å². The summed E-state index contributed by atoms with van der Waals surface area (Å²) in [6, 6.07) is 1.63. The van der Waals surface area contributed by atoms with Gasteiger partial charge in [0.25, 0.3) is 0 Å². The predicted octanol–water partition coefficient (Wildman–Crippen LogP) is 2.03. The summed E-state index contributed by atoms with van der Waals surface area (Å²) in [5.74, 6) is 0. The first-order valence-electron chi connectivity index (χ1n) is 6.80. The Morgan fingerprint density at radius 1 is 1.40 bits per heavy atom. The van der Waals surface area contributed by atoms with Gasteiger partial charge in [0.15, 0.2) is 0 Å². The Morgan fingerprint density at radius 2 is 2.05 bits per heavy atom. The van der Waals surface area contributed by atoms with Crippen molar-refractivity contribution < 1.29 is 13.2 Å². The summed E-state index contributed by atoms with van der Waals surface area (Å²) in [5.41, 5.74) is 5.64. The van der Waals surface area contributed by atoms with E-state index in [1.807, 2.05) is 13.8 Å². The summed E-state index contributed by atoms with van der Waals surface area (Å²) in [7, 11) is -1.94. The first kappa shape index (κ1) is 17.6. The molecule has 116 valence electrons. The molecule has 0 fully saturated rings. The van der Waals surface area contributed by atoms with Gasteiger partial charge in [-0.3, -0.25) is 0 Å². The van der Waals surface area contributed by atoms with E-state index in [2.05, 4.69) is 0 Å². The van der Waals surface area contributed by atoms with E-state index < -0.39 is 10.0 Å². The van der Waals surface area contributed by atoms with Crippen molar-refractivity contribution in [3.05, 3.63) is 16.3 Å². The molecule has 0 unspecified atom stereocenters. The lowest BCUT2D eigenvalue weighted by atomic mass is 10.2. The maximum Gasteiger partial charge on any atom is 0.244 e. The first-order chi connectivity index (χ1) is 9.52. The van der Waals surface area contributed by atoms with Crippen LogP contribution in [0.5, 0.6) is 0 Å². The lowest BCUT2D eigenvalue weighted by molar-refractivity contribution is 0.163. The molecule has 0 aromatic carbocycles. The average Bonchev–Trinajstić information content (AvgIpc) is 2.92. The highest BCUT2D eigenvalue weighted by molar-refractivity contribution is 7.89. The van der Waals surface area contributed by atoms with Crippen LogP contribution in [0.1, 0.15) is 31.6 Å². The Hall–Kier alpha value is -0.470. The Morgan fingerprint density at radius 3 is 2.55 bits per heavy atom. The van der Waals surface area contributed by atoms with Gasteiger partial charge in [0, 0.05) is 31.1 Å². The van der Waals surface area contributed by atoms with E-state index in [0.717, 1.165) is 12.8 Å². The monoisotopic (exact) mass is 320 g/mol. The van der Waals surface area contributed by atoms with Crippen molar-refractivity contribution in [2.75, 3.05) is 20.3 Å². The Bertz CT molecular complexity index is 495. The van der Waals surface area contributed by atoms with Gasteiger partial charge >= 0.3 is 0 Å². The number of methoxy groups -OCH3 is 1. The van der Waals surface area contributed by atoms with E-state index in [0.29, 0.717) is 22.9 Å². The average molecular weight is 320 g/mol. The van der Waals surface area contributed by atoms with Crippen LogP contribution in [0.15, 0.2) is 16.3 Å². The van der Waals surface area contributed by atoms with Gasteiger partial charge in [-0.25, -0.2) is 8.42 Å². The third-order valence-electron chi connectivity index (χ3n) is 3.34. The molecule has 0 saturated carbocycles. The van der Waals surface area contributed by atoms with Crippen LogP contribution in [0.2, 0.25) is 0 Å². The summed E-state index contributed by atoms with van der Waals surface area (Å²) >= 11 is 1.38. The zero-order valence-electron chi connectivity index (χ0n) is 12.3. The molecule has 1 heterocycles. The number of nitrogens with zero attached hydrogens (tertiary/aromatic N) is 1. The van der Waals surface area contributed by atoms with Crippen molar-refractivity contribution in [3.8, 4) is 0 Å². The topological polar surface area (TPSA) is 72.6 Å². The largest absolute Gasteiger partial charge is 0.383 e. The molecule has 0 aliphatic heterocycles. The highest BCUT2D eigenvalue weighted by Crippen LogP contribution is 2.27. The van der Waals surface area contributed by atoms with Crippen LogP contribution < -0.4 is 5.73 Å². The number of sulfonamides is 1. The normalized spacial score (nSPS) is 12.5. The van der Waals surface area contributed by atoms with Gasteiger partial charge in [0.2, 0.25) is 10.0 Å². The molecular formula is C13H24N2O3S2. The molecule has 0 spiro atoms. The molecule has 0 aliphatic carbocycles. The lowest BCUT2D eigenvalue weighted by Crippen LogP contribution is -2.41. The Balaban J connectivity index is 3.16. The van der Waals surface area contributed by atoms with Crippen LogP contribution in [-0.2, 0) is 21.3 Å². The fraction of sp³-hybridized carbons (Fsp3) is 0.692. The van der Waals surface area contributed by atoms with Gasteiger partial charge in [-0.15, -0.1) is 11.3 Å². The standard InChI is InChI=1S/C13H24N2O3S2/c1-4-11(5-2)15(7-8-18-3)20(16,17)13-6-9-19-12(13)10-14/h6,9,11H,4-5,7-8,10,14H2,1-3H3. The SMILES string of the molecule is CCC(CC)N(CCOC)S(=O)(=O)c1ccsc1CN. The maximum absolute atomic E-state index is 12.9. The minimum Gasteiger partial charge on any atom is -0.383 e. The Labute approximate surface area is 125 Å². The molecule has 0 bridgehead atoms. The molecule has 5 nitrogen and oxygen atoms in total. The summed E-state index contributed by atoms with van der Waals surface area (Å²) in [4.78, 5) is 1.05. The molecule has 0 amide bonds. The van der Waals surface area contributed by atoms with Gasteiger partial charge in [0.05, 0.1) is 11.5 Å². The van der Waals surface area contributed by atoms with E-state index in [1.54, 1.807) is 22.9 Å². The van der Waals surface area contributed by atoms with Crippen molar-refractivity contribution in [2.45, 2.75) is 44.2 Å². The van der Waals surface area contributed by atoms with E-state index in [-0.39, 0.29) is 12.6 Å². The fourth-order valence-corrected chi connectivity index (χ4v) is 5.27. The molecule has 2 N–H and O–H groups in total. The number of ether oxygens (including phenoxy) is 1. The number of nitrogens with two attached hydrogens (primary N) is 1. The van der Waals surface area contributed by atoms with Crippen LogP contribution in [0.25, 0.3) is 0 Å². The summed E-state index contributed by atoms with van der Waals surface area (Å²) in [6.07, 6.45) is 1.56. The van der Waals surface area contributed by atoms with Gasteiger partial charge < -0.3 is 10.5 Å². The highest BCUT2D eigenvalue weighted by Gasteiger charge is 2.31. The maximum atomic E-state index is 12.9. The van der Waals surface area contributed by atoms with E-state index in [4.69, 9.17) is 10.5 Å². The molecular weight excluding hydrogens is 296 g/mol. The number of hydrogen-bond donors (Lipinski definition) is 1. The van der Waals surface area contributed by atoms with E-state index in [1.165, 1.54) is 11.3 Å². The first-order valence-corrected chi connectivity index (χ1v) is 9.12. The van der Waals surface area contributed by atoms with Crippen LogP contribution in [0, 0.1) is 0 Å². The van der Waals surface area contributed by atoms with Gasteiger partial charge in [-0.05, 0) is 24.3 Å². The van der Waals surface area contributed by atoms with Crippen molar-refractivity contribution in [2.24, 2.45) is 5.73 Å². The zero-order valence-corrected chi connectivity index (χ0v) is 14.0. The second kappa shape index (κ2) is 8.09. The smallest absolute Gasteiger partial charge is 0.244 e. The summed E-state index contributed by atoms with van der Waals surface area (Å²) in [6.45, 7) is 5.00. The molecule has 1 rings (SSSR count). The molecule has 0 saturated heterocycles. The Kier molecular flexibility index (Phi) is 7.11. The van der Waals surface area contributed by atoms with Crippen LogP contribution in [0.4, 0.5) is 0 Å². The van der Waals surface area contributed by atoms with Gasteiger partial charge in [-0.1, -0.05) is 13.8 Å². The third-order valence-corrected chi connectivity index (χ3v) is 6.45. The molecule has 0 atom stereocenters. The third kappa shape index (κ3) is 3.79. The molecule has 0 aliphatic rings. The van der Waals surface area contributed by atoms with Crippen molar-refractivity contribution in [3.63, 3.8) is 0 Å². The number of thiophene rings is 1. The fourth-order valence-electron chi connectivity index (χ4n) is 2.21.